The number of amides is 1. The first kappa shape index (κ1) is 22.7. The van der Waals surface area contributed by atoms with Gasteiger partial charge in [-0.05, 0) is 36.7 Å². The summed E-state index contributed by atoms with van der Waals surface area (Å²) in [5, 5.41) is 9.00. The fourth-order valence-corrected chi connectivity index (χ4v) is 3.37. The highest BCUT2D eigenvalue weighted by Gasteiger charge is 2.28. The topological polar surface area (TPSA) is 82.4 Å². The van der Waals surface area contributed by atoms with E-state index >= 15 is 0 Å². The average Bonchev–Trinajstić information content (AvgIpc) is 2.62. The van der Waals surface area contributed by atoms with E-state index in [1.54, 1.807) is 4.90 Å². The maximum atomic E-state index is 12.2. The predicted octanol–water partition coefficient (Wildman–Crippen LogP) is 3.56. The number of carbonyl (C=O) groups is 1. The predicted molar refractivity (Wildman–Crippen MR) is 108 cm³/mol. The van der Waals surface area contributed by atoms with Crippen LogP contribution in [0.1, 0.15) is 45.6 Å². The second-order valence-electron chi connectivity index (χ2n) is 7.12. The normalized spacial score (nSPS) is 15.2. The molecule has 0 bridgehead atoms. The second kappa shape index (κ2) is 10.1. The van der Waals surface area contributed by atoms with E-state index in [-0.39, 0.29) is 12.0 Å². The summed E-state index contributed by atoms with van der Waals surface area (Å²) in [6.07, 6.45) is 9.63. The van der Waals surface area contributed by atoms with E-state index in [4.69, 9.17) is 10.00 Å². The summed E-state index contributed by atoms with van der Waals surface area (Å²) < 4.78 is 6.15. The van der Waals surface area contributed by atoms with E-state index < -0.39 is 5.60 Å². The highest BCUT2D eigenvalue weighted by Crippen LogP contribution is 2.33. The molecule has 1 atom stereocenters. The summed E-state index contributed by atoms with van der Waals surface area (Å²) in [6.45, 7) is 10.1. The lowest BCUT2D eigenvalue weighted by molar-refractivity contribution is 0.0240. The van der Waals surface area contributed by atoms with Gasteiger partial charge in [-0.25, -0.2) is 14.8 Å². The molecule has 0 saturated carbocycles. The number of aromatic nitrogens is 2. The molecule has 1 saturated heterocycles. The van der Waals surface area contributed by atoms with Crippen molar-refractivity contribution in [3.63, 3.8) is 0 Å². The molecule has 1 aromatic rings. The molecule has 0 N–H and O–H groups in total. The summed E-state index contributed by atoms with van der Waals surface area (Å²) in [4.78, 5) is 24.7. The van der Waals surface area contributed by atoms with Crippen molar-refractivity contribution in [1.29, 1.82) is 5.26 Å². The molecular weight excluding hydrogens is 410 g/mol. The molecular formula is C19H26BrN5O2. The van der Waals surface area contributed by atoms with Crippen LogP contribution in [0.2, 0.25) is 0 Å². The van der Waals surface area contributed by atoms with E-state index in [0.717, 1.165) is 16.0 Å². The minimum Gasteiger partial charge on any atom is -0.444 e. The molecule has 2 heterocycles. The molecule has 0 aromatic carbocycles. The Bertz CT molecular complexity index is 700. The van der Waals surface area contributed by atoms with Crippen molar-refractivity contribution in [2.75, 3.05) is 31.1 Å². The summed E-state index contributed by atoms with van der Waals surface area (Å²) in [6, 6.07) is 2.20. The third-order valence-electron chi connectivity index (χ3n) is 3.94. The monoisotopic (exact) mass is 435 g/mol. The fourth-order valence-electron chi connectivity index (χ4n) is 2.71. The maximum Gasteiger partial charge on any atom is 0.410 e. The van der Waals surface area contributed by atoms with Crippen molar-refractivity contribution in [3.8, 4) is 18.9 Å². The van der Waals surface area contributed by atoms with Gasteiger partial charge in [0.2, 0.25) is 0 Å². The van der Waals surface area contributed by atoms with Crippen molar-refractivity contribution in [1.82, 2.24) is 14.9 Å². The van der Waals surface area contributed by atoms with Crippen LogP contribution < -0.4 is 4.90 Å². The first-order valence-electron chi connectivity index (χ1n) is 8.66. The molecule has 1 aliphatic heterocycles. The van der Waals surface area contributed by atoms with Crippen LogP contribution in [0.3, 0.4) is 0 Å². The van der Waals surface area contributed by atoms with Gasteiger partial charge < -0.3 is 14.5 Å². The van der Waals surface area contributed by atoms with E-state index in [0.29, 0.717) is 32.6 Å². The van der Waals surface area contributed by atoms with Crippen molar-refractivity contribution in [3.05, 3.63) is 16.5 Å². The summed E-state index contributed by atoms with van der Waals surface area (Å²) in [5.74, 6) is 0.855. The van der Waals surface area contributed by atoms with Crippen LogP contribution in [0, 0.1) is 24.2 Å². The zero-order chi connectivity index (χ0) is 20.6. The molecule has 146 valence electrons. The van der Waals surface area contributed by atoms with Crippen LogP contribution in [0.25, 0.3) is 0 Å². The van der Waals surface area contributed by atoms with E-state index in [1.807, 2.05) is 27.7 Å². The molecule has 1 amide bonds. The molecule has 1 aliphatic rings. The van der Waals surface area contributed by atoms with Gasteiger partial charge in [0, 0.05) is 44.1 Å². The fraction of sp³-hybridized carbons (Fsp3) is 0.579. The Kier molecular flexibility index (Phi) is 8.52. The Balaban J connectivity index is 0.00000176. The molecule has 1 aromatic heterocycles. The molecule has 0 spiro atoms. The number of piperazine rings is 1. The molecule has 0 aliphatic carbocycles. The van der Waals surface area contributed by atoms with Crippen molar-refractivity contribution < 1.29 is 9.53 Å². The SMILES string of the molecule is C#C.C[C@H](CC#N)c1c(Br)ncnc1N1CCN(C(=O)OC(C)(C)C)CC1. The first-order chi connectivity index (χ1) is 12.7. The van der Waals surface area contributed by atoms with Crippen LogP contribution in [-0.2, 0) is 4.74 Å². The third-order valence-corrected chi connectivity index (χ3v) is 4.57. The Labute approximate surface area is 169 Å². The Morgan fingerprint density at radius 3 is 2.44 bits per heavy atom. The highest BCUT2D eigenvalue weighted by molar-refractivity contribution is 9.10. The number of nitriles is 1. The quantitative estimate of drug-likeness (QED) is 0.532. The Morgan fingerprint density at radius 2 is 1.93 bits per heavy atom. The van der Waals surface area contributed by atoms with Crippen LogP contribution in [0.5, 0.6) is 0 Å². The van der Waals surface area contributed by atoms with Gasteiger partial charge in [0.05, 0.1) is 6.07 Å². The number of halogens is 1. The number of anilines is 1. The molecule has 27 heavy (non-hydrogen) atoms. The average molecular weight is 436 g/mol. The number of hydrogen-bond acceptors (Lipinski definition) is 6. The van der Waals surface area contributed by atoms with Gasteiger partial charge in [0.1, 0.15) is 22.3 Å². The minimum absolute atomic E-state index is 0.0273. The van der Waals surface area contributed by atoms with Gasteiger partial charge in [-0.2, -0.15) is 5.26 Å². The molecule has 0 radical (unpaired) electrons. The van der Waals surface area contributed by atoms with Crippen molar-refractivity contribution in [2.45, 2.75) is 45.6 Å². The Morgan fingerprint density at radius 1 is 1.33 bits per heavy atom. The van der Waals surface area contributed by atoms with Gasteiger partial charge in [0.15, 0.2) is 0 Å². The van der Waals surface area contributed by atoms with Gasteiger partial charge in [-0.3, -0.25) is 0 Å². The van der Waals surface area contributed by atoms with Crippen LogP contribution in [-0.4, -0.2) is 52.7 Å². The second-order valence-corrected chi connectivity index (χ2v) is 7.87. The molecule has 1 fully saturated rings. The van der Waals surface area contributed by atoms with Crippen LogP contribution in [0.15, 0.2) is 10.9 Å². The summed E-state index contributed by atoms with van der Waals surface area (Å²) in [7, 11) is 0. The highest BCUT2D eigenvalue weighted by atomic mass is 79.9. The first-order valence-corrected chi connectivity index (χ1v) is 9.45. The summed E-state index contributed by atoms with van der Waals surface area (Å²) >= 11 is 3.48. The van der Waals surface area contributed by atoms with Gasteiger partial charge in [-0.1, -0.05) is 6.92 Å². The molecule has 7 nitrogen and oxygen atoms in total. The van der Waals surface area contributed by atoms with Gasteiger partial charge in [0.25, 0.3) is 0 Å². The van der Waals surface area contributed by atoms with E-state index in [2.05, 4.69) is 49.7 Å². The van der Waals surface area contributed by atoms with Crippen molar-refractivity contribution in [2.24, 2.45) is 0 Å². The number of carbonyl (C=O) groups excluding carboxylic acids is 1. The zero-order valence-corrected chi connectivity index (χ0v) is 17.9. The lowest BCUT2D eigenvalue weighted by Crippen LogP contribution is -2.50. The number of rotatable bonds is 3. The van der Waals surface area contributed by atoms with Gasteiger partial charge in [-0.15, -0.1) is 12.8 Å². The van der Waals surface area contributed by atoms with Gasteiger partial charge >= 0.3 is 6.09 Å². The Hall–Kier alpha value is -2.32. The largest absolute Gasteiger partial charge is 0.444 e. The smallest absolute Gasteiger partial charge is 0.410 e. The lowest BCUT2D eigenvalue weighted by Gasteiger charge is -2.37. The number of hydrogen-bond donors (Lipinski definition) is 0. The summed E-state index contributed by atoms with van der Waals surface area (Å²) in [5.41, 5.74) is 0.445. The standard InChI is InChI=1S/C17H24BrN5O2.C2H2/c1-12(5-6-19)13-14(18)20-11-21-15(13)22-7-9-23(10-8-22)16(24)25-17(2,3)4;1-2/h11-12H,5,7-10H2,1-4H3;1-2H/t12-;/m1./s1. The van der Waals surface area contributed by atoms with E-state index in [9.17, 15) is 4.79 Å². The lowest BCUT2D eigenvalue weighted by atomic mass is 10.00. The molecule has 2 rings (SSSR count). The number of terminal acetylenes is 1. The van der Waals surface area contributed by atoms with Crippen LogP contribution in [0.4, 0.5) is 10.6 Å². The third kappa shape index (κ3) is 6.41. The minimum atomic E-state index is -0.494. The van der Waals surface area contributed by atoms with Crippen molar-refractivity contribution >= 4 is 27.8 Å². The maximum absolute atomic E-state index is 12.2. The van der Waals surface area contributed by atoms with Crippen LogP contribution >= 0.6 is 15.9 Å². The number of nitrogens with zero attached hydrogens (tertiary/aromatic N) is 5. The molecule has 8 heteroatoms. The number of ether oxygens (including phenoxy) is 1. The molecule has 0 unspecified atom stereocenters. The van der Waals surface area contributed by atoms with E-state index in [1.165, 1.54) is 6.33 Å². The zero-order valence-electron chi connectivity index (χ0n) is 16.3.